The molecule has 1 N–H and O–H groups in total. The second-order valence-electron chi connectivity index (χ2n) is 2.85. The largest absolute Gasteiger partial charge is 0.327 e. The van der Waals surface area contributed by atoms with Crippen LogP contribution in [0.1, 0.15) is 0 Å². The molecule has 4 nitrogen and oxygen atoms in total. The Balaban J connectivity index is 2.57. The number of anilines is 1. The molecule has 15 heavy (non-hydrogen) atoms. The van der Waals surface area contributed by atoms with Crippen LogP contribution in [-0.4, -0.2) is 16.2 Å². The van der Waals surface area contributed by atoms with Gasteiger partial charge in [-0.25, -0.2) is 4.68 Å². The van der Waals surface area contributed by atoms with Crippen LogP contribution in [0.5, 0.6) is 0 Å². The number of aromatic nitrogens is 2. The van der Waals surface area contributed by atoms with Crippen LogP contribution in [0.25, 0.3) is 5.69 Å². The monoisotopic (exact) mass is 221 g/mol. The number of halogens is 1. The molecule has 2 rings (SSSR count). The Labute approximate surface area is 91.5 Å². The van der Waals surface area contributed by atoms with E-state index in [4.69, 9.17) is 11.6 Å². The smallest absolute Gasteiger partial charge is 0.211 e. The molecular weight excluding hydrogens is 214 g/mol. The predicted octanol–water partition coefficient (Wildman–Crippen LogP) is 2.09. The summed E-state index contributed by atoms with van der Waals surface area (Å²) in [6.45, 7) is 0. The third kappa shape index (κ3) is 1.85. The minimum Gasteiger partial charge on any atom is -0.327 e. The number of hydrogen-bond acceptors (Lipinski definition) is 2. The summed E-state index contributed by atoms with van der Waals surface area (Å²) in [6.07, 6.45) is 4.02. The summed E-state index contributed by atoms with van der Waals surface area (Å²) in [6, 6.07) is 7.06. The lowest BCUT2D eigenvalue weighted by Crippen LogP contribution is -2.03. The van der Waals surface area contributed by atoms with Crippen LogP contribution in [0.4, 0.5) is 5.69 Å². The summed E-state index contributed by atoms with van der Waals surface area (Å²) in [5.41, 5.74) is 1.29. The Hall–Kier alpha value is -1.81. The van der Waals surface area contributed by atoms with Gasteiger partial charge in [-0.05, 0) is 18.2 Å². The maximum absolute atomic E-state index is 10.4. The fourth-order valence-corrected chi connectivity index (χ4v) is 1.59. The van der Waals surface area contributed by atoms with Gasteiger partial charge in [0.25, 0.3) is 0 Å². The lowest BCUT2D eigenvalue weighted by atomic mass is 10.2. The van der Waals surface area contributed by atoms with Crippen molar-refractivity contribution in [3.05, 3.63) is 41.7 Å². The number of amides is 1. The molecule has 1 aromatic heterocycles. The molecule has 0 saturated heterocycles. The quantitative estimate of drug-likeness (QED) is 0.807. The van der Waals surface area contributed by atoms with Crippen molar-refractivity contribution in [2.45, 2.75) is 0 Å². The molecule has 0 unspecified atom stereocenters. The second kappa shape index (κ2) is 4.14. The van der Waals surface area contributed by atoms with Crippen molar-refractivity contribution in [2.75, 3.05) is 5.32 Å². The van der Waals surface area contributed by atoms with Gasteiger partial charge in [-0.1, -0.05) is 17.7 Å². The molecule has 1 heterocycles. The molecule has 1 amide bonds. The van der Waals surface area contributed by atoms with Crippen LogP contribution in [0.15, 0.2) is 36.7 Å². The standard InChI is InChI=1S/C10H8ClN3O/c11-8-3-1-4-9(12-7-15)10(8)14-6-2-5-13-14/h1-7H,(H,12,15). The Bertz CT molecular complexity index is 468. The van der Waals surface area contributed by atoms with Gasteiger partial charge < -0.3 is 5.32 Å². The third-order valence-corrected chi connectivity index (χ3v) is 2.24. The topological polar surface area (TPSA) is 46.9 Å². The van der Waals surface area contributed by atoms with Crippen molar-refractivity contribution in [2.24, 2.45) is 0 Å². The molecular formula is C10H8ClN3O. The third-order valence-electron chi connectivity index (χ3n) is 1.93. The van der Waals surface area contributed by atoms with Crippen LogP contribution in [0.2, 0.25) is 5.02 Å². The van der Waals surface area contributed by atoms with Gasteiger partial charge in [0.15, 0.2) is 0 Å². The van der Waals surface area contributed by atoms with Gasteiger partial charge in [0.2, 0.25) is 6.41 Å². The van der Waals surface area contributed by atoms with Crippen LogP contribution < -0.4 is 5.32 Å². The van der Waals surface area contributed by atoms with E-state index < -0.39 is 0 Å². The van der Waals surface area contributed by atoms with E-state index in [1.54, 1.807) is 41.3 Å². The number of para-hydroxylation sites is 1. The molecule has 1 aromatic carbocycles. The van der Waals surface area contributed by atoms with Gasteiger partial charge in [0.05, 0.1) is 10.7 Å². The zero-order valence-electron chi connectivity index (χ0n) is 7.72. The highest BCUT2D eigenvalue weighted by molar-refractivity contribution is 6.33. The fraction of sp³-hybridized carbons (Fsp3) is 0. The van der Waals surface area contributed by atoms with Crippen LogP contribution in [0, 0.1) is 0 Å². The van der Waals surface area contributed by atoms with E-state index in [9.17, 15) is 4.79 Å². The van der Waals surface area contributed by atoms with Crippen LogP contribution in [-0.2, 0) is 4.79 Å². The van der Waals surface area contributed by atoms with Crippen molar-refractivity contribution in [3.63, 3.8) is 0 Å². The van der Waals surface area contributed by atoms with Gasteiger partial charge in [-0.15, -0.1) is 0 Å². The average molecular weight is 222 g/mol. The van der Waals surface area contributed by atoms with E-state index in [0.717, 1.165) is 0 Å². The van der Waals surface area contributed by atoms with Gasteiger partial charge in [0.1, 0.15) is 5.69 Å². The summed E-state index contributed by atoms with van der Waals surface area (Å²) >= 11 is 6.04. The van der Waals surface area contributed by atoms with Crippen molar-refractivity contribution in [1.29, 1.82) is 0 Å². The van der Waals surface area contributed by atoms with Gasteiger partial charge in [-0.3, -0.25) is 4.79 Å². The van der Waals surface area contributed by atoms with Crippen LogP contribution >= 0.6 is 11.6 Å². The number of nitrogens with zero attached hydrogens (tertiary/aromatic N) is 2. The summed E-state index contributed by atoms with van der Waals surface area (Å²) in [5.74, 6) is 0. The molecule has 0 saturated carbocycles. The number of nitrogens with one attached hydrogen (secondary N) is 1. The Kier molecular flexibility index (Phi) is 2.69. The van der Waals surface area contributed by atoms with Crippen molar-refractivity contribution in [3.8, 4) is 5.69 Å². The van der Waals surface area contributed by atoms with E-state index in [2.05, 4.69) is 10.4 Å². The Morgan fingerprint density at radius 1 is 1.40 bits per heavy atom. The number of carbonyl (C=O) groups excluding carboxylic acids is 1. The minimum absolute atomic E-state index is 0.533. The van der Waals surface area contributed by atoms with E-state index in [0.29, 0.717) is 22.8 Å². The maximum Gasteiger partial charge on any atom is 0.211 e. The van der Waals surface area contributed by atoms with E-state index in [1.807, 2.05) is 0 Å². The molecule has 0 bridgehead atoms. The highest BCUT2D eigenvalue weighted by Gasteiger charge is 2.08. The molecule has 0 aliphatic heterocycles. The van der Waals surface area contributed by atoms with E-state index in [1.165, 1.54) is 0 Å². The normalized spacial score (nSPS) is 9.93. The molecule has 0 atom stereocenters. The van der Waals surface area contributed by atoms with Gasteiger partial charge >= 0.3 is 0 Å². The average Bonchev–Trinajstić information content (AvgIpc) is 2.71. The maximum atomic E-state index is 10.4. The molecule has 2 aromatic rings. The van der Waals surface area contributed by atoms with Crippen molar-refractivity contribution < 1.29 is 4.79 Å². The first-order valence-corrected chi connectivity index (χ1v) is 4.69. The van der Waals surface area contributed by atoms with E-state index in [-0.39, 0.29) is 0 Å². The molecule has 0 fully saturated rings. The van der Waals surface area contributed by atoms with Crippen molar-refractivity contribution >= 4 is 23.7 Å². The molecule has 5 heteroatoms. The molecule has 0 spiro atoms. The molecule has 0 radical (unpaired) electrons. The summed E-state index contributed by atoms with van der Waals surface area (Å²) in [7, 11) is 0. The highest BCUT2D eigenvalue weighted by atomic mass is 35.5. The summed E-state index contributed by atoms with van der Waals surface area (Å²) < 4.78 is 1.61. The second-order valence-corrected chi connectivity index (χ2v) is 3.26. The number of rotatable bonds is 3. The zero-order chi connectivity index (χ0) is 10.7. The first-order valence-electron chi connectivity index (χ1n) is 4.31. The first kappa shape index (κ1) is 9.73. The number of benzene rings is 1. The number of hydrogen-bond donors (Lipinski definition) is 1. The molecule has 0 aliphatic carbocycles. The Morgan fingerprint density at radius 3 is 2.93 bits per heavy atom. The summed E-state index contributed by atoms with van der Waals surface area (Å²) in [5, 5.41) is 7.18. The highest BCUT2D eigenvalue weighted by Crippen LogP contribution is 2.27. The summed E-state index contributed by atoms with van der Waals surface area (Å²) in [4.78, 5) is 10.4. The fourth-order valence-electron chi connectivity index (χ4n) is 1.33. The minimum atomic E-state index is 0.533. The van der Waals surface area contributed by atoms with Crippen molar-refractivity contribution in [1.82, 2.24) is 9.78 Å². The van der Waals surface area contributed by atoms with Gasteiger partial charge in [-0.2, -0.15) is 5.10 Å². The lowest BCUT2D eigenvalue weighted by molar-refractivity contribution is -0.105. The van der Waals surface area contributed by atoms with E-state index >= 15 is 0 Å². The first-order chi connectivity index (χ1) is 7.33. The molecule has 0 aliphatic rings. The SMILES string of the molecule is O=CNc1cccc(Cl)c1-n1cccn1. The number of carbonyl (C=O) groups is 1. The zero-order valence-corrected chi connectivity index (χ0v) is 8.48. The van der Waals surface area contributed by atoms with Gasteiger partial charge in [0, 0.05) is 12.4 Å². The predicted molar refractivity (Wildman–Crippen MR) is 58.3 cm³/mol. The lowest BCUT2D eigenvalue weighted by Gasteiger charge is -2.09. The molecule has 76 valence electrons. The van der Waals surface area contributed by atoms with Crippen LogP contribution in [0.3, 0.4) is 0 Å². The Morgan fingerprint density at radius 2 is 2.27 bits per heavy atom.